The second kappa shape index (κ2) is 9.68. The van der Waals surface area contributed by atoms with E-state index in [0.29, 0.717) is 30.8 Å². The van der Waals surface area contributed by atoms with Gasteiger partial charge in [-0.2, -0.15) is 4.31 Å². The van der Waals surface area contributed by atoms with Crippen molar-refractivity contribution in [2.45, 2.75) is 36.6 Å². The van der Waals surface area contributed by atoms with Crippen molar-refractivity contribution in [1.29, 1.82) is 0 Å². The van der Waals surface area contributed by atoms with E-state index in [1.807, 2.05) is 30.3 Å². The summed E-state index contributed by atoms with van der Waals surface area (Å²) in [6.45, 7) is 2.32. The molecule has 2 fully saturated rings. The van der Waals surface area contributed by atoms with E-state index in [-0.39, 0.29) is 17.9 Å². The van der Waals surface area contributed by atoms with Gasteiger partial charge in [-0.25, -0.2) is 18.4 Å². The van der Waals surface area contributed by atoms with Crippen molar-refractivity contribution >= 4 is 32.7 Å². The molecule has 0 radical (unpaired) electrons. The molecule has 1 N–H and O–H groups in total. The van der Waals surface area contributed by atoms with Crippen LogP contribution in [0.5, 0.6) is 0 Å². The molecule has 5 rings (SSSR count). The van der Waals surface area contributed by atoms with Gasteiger partial charge in [0.15, 0.2) is 0 Å². The van der Waals surface area contributed by atoms with Gasteiger partial charge < -0.3 is 10.2 Å². The van der Waals surface area contributed by atoms with Gasteiger partial charge in [0.05, 0.1) is 4.90 Å². The third-order valence-electron chi connectivity index (χ3n) is 6.86. The molecule has 178 valence electrons. The van der Waals surface area contributed by atoms with Crippen LogP contribution >= 0.6 is 0 Å². The summed E-state index contributed by atoms with van der Waals surface area (Å²) in [6.07, 6.45) is 6.24. The Morgan fingerprint density at radius 2 is 1.53 bits per heavy atom. The number of sulfonamides is 1. The standard InChI is InChI=1S/C25H29N5O3S/c31-24(28-22-10-14-29(15-11-22)25-26-12-3-13-27-25)20-8-16-30(17-9-20)34(32,33)23-7-6-19-4-1-2-5-21(19)18-23/h1-7,12-13,18,20,22H,8-11,14-17H2,(H,28,31). The number of benzene rings is 2. The van der Waals surface area contributed by atoms with Crippen molar-refractivity contribution in [3.8, 4) is 0 Å². The Morgan fingerprint density at radius 3 is 2.24 bits per heavy atom. The van der Waals surface area contributed by atoms with Gasteiger partial charge in [0, 0.05) is 50.5 Å². The zero-order valence-corrected chi connectivity index (χ0v) is 19.8. The summed E-state index contributed by atoms with van der Waals surface area (Å²) in [5.74, 6) is 0.614. The largest absolute Gasteiger partial charge is 0.353 e. The summed E-state index contributed by atoms with van der Waals surface area (Å²) in [5, 5.41) is 5.11. The molecule has 34 heavy (non-hydrogen) atoms. The first-order valence-electron chi connectivity index (χ1n) is 11.8. The summed E-state index contributed by atoms with van der Waals surface area (Å²) >= 11 is 0. The van der Waals surface area contributed by atoms with Crippen LogP contribution in [0.3, 0.4) is 0 Å². The molecule has 2 saturated heterocycles. The van der Waals surface area contributed by atoms with Gasteiger partial charge in [-0.05, 0) is 54.7 Å². The minimum atomic E-state index is -3.58. The Bertz CT molecular complexity index is 1250. The Morgan fingerprint density at radius 1 is 0.853 bits per heavy atom. The molecule has 0 aliphatic carbocycles. The average molecular weight is 480 g/mol. The van der Waals surface area contributed by atoms with Crippen molar-refractivity contribution in [3.05, 3.63) is 60.9 Å². The fourth-order valence-corrected chi connectivity index (χ4v) is 6.34. The first-order valence-corrected chi connectivity index (χ1v) is 13.3. The van der Waals surface area contributed by atoms with Gasteiger partial charge >= 0.3 is 0 Å². The zero-order chi connectivity index (χ0) is 23.5. The third-order valence-corrected chi connectivity index (χ3v) is 8.75. The molecule has 3 heterocycles. The van der Waals surface area contributed by atoms with E-state index < -0.39 is 10.0 Å². The fourth-order valence-electron chi connectivity index (χ4n) is 4.83. The van der Waals surface area contributed by atoms with E-state index in [1.54, 1.807) is 30.6 Å². The SMILES string of the molecule is O=C(NC1CCN(c2ncccn2)CC1)C1CCN(S(=O)(=O)c2ccc3ccccc3c2)CC1. The van der Waals surface area contributed by atoms with E-state index in [1.165, 1.54) is 4.31 Å². The quantitative estimate of drug-likeness (QED) is 0.605. The highest BCUT2D eigenvalue weighted by atomic mass is 32.2. The number of amides is 1. The molecule has 8 nitrogen and oxygen atoms in total. The predicted molar refractivity (Wildman–Crippen MR) is 131 cm³/mol. The minimum Gasteiger partial charge on any atom is -0.353 e. The summed E-state index contributed by atoms with van der Waals surface area (Å²) in [7, 11) is -3.58. The number of nitrogens with zero attached hydrogens (tertiary/aromatic N) is 4. The second-order valence-electron chi connectivity index (χ2n) is 9.01. The molecule has 1 aromatic heterocycles. The third kappa shape index (κ3) is 4.76. The molecule has 0 saturated carbocycles. The Hall–Kier alpha value is -3.04. The van der Waals surface area contributed by atoms with Gasteiger partial charge in [-0.3, -0.25) is 4.79 Å². The molecule has 0 atom stereocenters. The molecule has 0 unspecified atom stereocenters. The molecule has 0 spiro atoms. The van der Waals surface area contributed by atoms with Crippen LogP contribution in [0.1, 0.15) is 25.7 Å². The molecule has 3 aromatic rings. The van der Waals surface area contributed by atoms with Crippen molar-refractivity contribution < 1.29 is 13.2 Å². The smallest absolute Gasteiger partial charge is 0.243 e. The Labute approximate surface area is 200 Å². The lowest BCUT2D eigenvalue weighted by molar-refractivity contribution is -0.127. The Balaban J connectivity index is 1.14. The van der Waals surface area contributed by atoms with E-state index in [9.17, 15) is 13.2 Å². The number of piperidine rings is 2. The van der Waals surface area contributed by atoms with Crippen molar-refractivity contribution in [2.75, 3.05) is 31.1 Å². The number of fused-ring (bicyclic) bond motifs is 1. The summed E-state index contributed by atoms with van der Waals surface area (Å²) in [4.78, 5) is 23.9. The van der Waals surface area contributed by atoms with Crippen LogP contribution in [0.2, 0.25) is 0 Å². The number of nitrogens with one attached hydrogen (secondary N) is 1. The van der Waals surface area contributed by atoms with E-state index >= 15 is 0 Å². The molecule has 2 aliphatic rings. The predicted octanol–water partition coefficient (Wildman–Crippen LogP) is 2.82. The number of rotatable bonds is 5. The van der Waals surface area contributed by atoms with E-state index in [0.717, 1.165) is 42.7 Å². The monoisotopic (exact) mass is 479 g/mol. The number of hydrogen-bond donors (Lipinski definition) is 1. The normalized spacial score (nSPS) is 18.8. The van der Waals surface area contributed by atoms with Gasteiger partial charge in [0.2, 0.25) is 21.9 Å². The maximum Gasteiger partial charge on any atom is 0.243 e. The van der Waals surface area contributed by atoms with Gasteiger partial charge in [-0.1, -0.05) is 30.3 Å². The molecule has 0 bridgehead atoms. The summed E-state index contributed by atoms with van der Waals surface area (Å²) in [6, 6.07) is 14.9. The first-order chi connectivity index (χ1) is 16.5. The lowest BCUT2D eigenvalue weighted by Crippen LogP contribution is -2.49. The minimum absolute atomic E-state index is 0.0390. The summed E-state index contributed by atoms with van der Waals surface area (Å²) < 4.78 is 27.9. The lowest BCUT2D eigenvalue weighted by Gasteiger charge is -2.34. The highest BCUT2D eigenvalue weighted by Gasteiger charge is 2.33. The van der Waals surface area contributed by atoms with Crippen LogP contribution in [-0.2, 0) is 14.8 Å². The van der Waals surface area contributed by atoms with Crippen molar-refractivity contribution in [3.63, 3.8) is 0 Å². The number of aromatic nitrogens is 2. The topological polar surface area (TPSA) is 95.5 Å². The van der Waals surface area contributed by atoms with Crippen LogP contribution in [-0.4, -0.2) is 60.8 Å². The van der Waals surface area contributed by atoms with E-state index in [2.05, 4.69) is 20.2 Å². The van der Waals surface area contributed by atoms with Crippen LogP contribution in [0.25, 0.3) is 10.8 Å². The number of anilines is 1. The lowest BCUT2D eigenvalue weighted by atomic mass is 9.96. The van der Waals surface area contributed by atoms with Gasteiger partial charge in [0.25, 0.3) is 0 Å². The van der Waals surface area contributed by atoms with Gasteiger partial charge in [0.1, 0.15) is 0 Å². The van der Waals surface area contributed by atoms with Crippen molar-refractivity contribution in [1.82, 2.24) is 19.6 Å². The fraction of sp³-hybridized carbons (Fsp3) is 0.400. The number of carbonyl (C=O) groups is 1. The first kappa shape index (κ1) is 22.7. The molecular formula is C25H29N5O3S. The van der Waals surface area contributed by atoms with Crippen LogP contribution in [0.4, 0.5) is 5.95 Å². The van der Waals surface area contributed by atoms with Crippen LogP contribution in [0.15, 0.2) is 65.8 Å². The number of carbonyl (C=O) groups excluding carboxylic acids is 1. The molecule has 2 aromatic carbocycles. The van der Waals surface area contributed by atoms with Gasteiger partial charge in [-0.15, -0.1) is 0 Å². The maximum atomic E-state index is 13.2. The second-order valence-corrected chi connectivity index (χ2v) is 10.9. The van der Waals surface area contributed by atoms with Crippen LogP contribution in [0, 0.1) is 5.92 Å². The summed E-state index contributed by atoms with van der Waals surface area (Å²) in [5.41, 5.74) is 0. The Kier molecular flexibility index (Phi) is 6.47. The molecule has 9 heteroatoms. The van der Waals surface area contributed by atoms with Crippen LogP contribution < -0.4 is 10.2 Å². The zero-order valence-electron chi connectivity index (χ0n) is 19.0. The molecule has 2 aliphatic heterocycles. The highest BCUT2D eigenvalue weighted by molar-refractivity contribution is 7.89. The molecule has 1 amide bonds. The molecular weight excluding hydrogens is 450 g/mol. The van der Waals surface area contributed by atoms with E-state index in [4.69, 9.17) is 0 Å². The number of hydrogen-bond acceptors (Lipinski definition) is 6. The van der Waals surface area contributed by atoms with Crippen molar-refractivity contribution in [2.24, 2.45) is 5.92 Å². The maximum absolute atomic E-state index is 13.2. The average Bonchev–Trinajstić information content (AvgIpc) is 2.89. The highest BCUT2D eigenvalue weighted by Crippen LogP contribution is 2.27.